The highest BCUT2D eigenvalue weighted by atomic mass is 19.4. The number of benzene rings is 1. The van der Waals surface area contributed by atoms with Gasteiger partial charge in [-0.05, 0) is 43.9 Å². The monoisotopic (exact) mass is 485 g/mol. The van der Waals surface area contributed by atoms with Crippen molar-refractivity contribution in [2.45, 2.75) is 75.8 Å². The predicted octanol–water partition coefficient (Wildman–Crippen LogP) is 6.12. The van der Waals surface area contributed by atoms with E-state index in [-0.39, 0.29) is 24.8 Å². The molecule has 0 aromatic heterocycles. The van der Waals surface area contributed by atoms with Crippen LogP contribution in [0.5, 0.6) is 5.75 Å². The number of aliphatic hydroxyl groups is 1. The second-order valence-electron chi connectivity index (χ2n) is 7.82. The average Bonchev–Trinajstić information content (AvgIpc) is 2.64. The Balaban J connectivity index is 2.35. The molecule has 2 rings (SSSR count). The fourth-order valence-electron chi connectivity index (χ4n) is 3.65. The summed E-state index contributed by atoms with van der Waals surface area (Å²) in [5, 5.41) is 10.2. The number of nitrogens with zero attached hydrogens (tertiary/aromatic N) is 1. The van der Waals surface area contributed by atoms with Crippen LogP contribution in [0.15, 0.2) is 24.3 Å². The van der Waals surface area contributed by atoms with E-state index >= 15 is 0 Å². The highest BCUT2D eigenvalue weighted by molar-refractivity contribution is 5.29. The summed E-state index contributed by atoms with van der Waals surface area (Å²) in [6, 6.07) is 2.49. The van der Waals surface area contributed by atoms with E-state index in [1.165, 1.54) is 0 Å². The maximum absolute atomic E-state index is 13.5. The van der Waals surface area contributed by atoms with E-state index in [0.717, 1.165) is 24.3 Å². The molecule has 1 saturated carbocycles. The smallest absolute Gasteiger partial charge is 0.428 e. The van der Waals surface area contributed by atoms with Crippen LogP contribution in [0.4, 0.5) is 43.9 Å². The highest BCUT2D eigenvalue weighted by Crippen LogP contribution is 2.43. The van der Waals surface area contributed by atoms with Gasteiger partial charge < -0.3 is 9.84 Å². The van der Waals surface area contributed by atoms with Crippen LogP contribution in [-0.2, 0) is 6.54 Å². The van der Waals surface area contributed by atoms with Gasteiger partial charge in [0.25, 0.3) is 0 Å². The zero-order valence-corrected chi connectivity index (χ0v) is 16.7. The molecule has 0 amide bonds. The lowest BCUT2D eigenvalue weighted by Crippen LogP contribution is -2.60. The molecule has 3 nitrogen and oxygen atoms in total. The number of rotatable bonds is 7. The van der Waals surface area contributed by atoms with Crippen molar-refractivity contribution in [1.82, 2.24) is 4.90 Å². The topological polar surface area (TPSA) is 32.7 Å². The molecular formula is C19H21F10NO2. The maximum atomic E-state index is 13.5. The zero-order chi connectivity index (χ0) is 24.5. The van der Waals surface area contributed by atoms with Gasteiger partial charge >= 0.3 is 24.9 Å². The second-order valence-corrected chi connectivity index (χ2v) is 7.82. The van der Waals surface area contributed by atoms with Gasteiger partial charge in [0.15, 0.2) is 0 Å². The minimum absolute atomic E-state index is 0.0386. The Hall–Kier alpha value is -1.76. The molecule has 0 aliphatic heterocycles. The van der Waals surface area contributed by atoms with Crippen molar-refractivity contribution < 1.29 is 53.7 Å². The SMILES string of the molecule is CC(O)(N(Cc1cccc(OC(F)(F)C(F)F)c1)C1CCCC(C(F)(F)F)C1)C(F)(F)F. The van der Waals surface area contributed by atoms with Crippen molar-refractivity contribution in [2.75, 3.05) is 0 Å². The van der Waals surface area contributed by atoms with Crippen LogP contribution in [0.3, 0.4) is 0 Å². The van der Waals surface area contributed by atoms with Gasteiger partial charge in [-0.25, -0.2) is 0 Å². The molecule has 3 unspecified atom stereocenters. The summed E-state index contributed by atoms with van der Waals surface area (Å²) in [4.78, 5) is 0.426. The summed E-state index contributed by atoms with van der Waals surface area (Å²) in [7, 11) is 0. The first-order valence-electron chi connectivity index (χ1n) is 9.51. The van der Waals surface area contributed by atoms with E-state index < -0.39 is 61.3 Å². The molecule has 0 radical (unpaired) electrons. The van der Waals surface area contributed by atoms with Crippen molar-refractivity contribution in [3.05, 3.63) is 29.8 Å². The molecule has 1 fully saturated rings. The van der Waals surface area contributed by atoms with Crippen LogP contribution in [0.1, 0.15) is 38.2 Å². The number of hydrogen-bond donors (Lipinski definition) is 1. The lowest BCUT2D eigenvalue weighted by molar-refractivity contribution is -0.320. The van der Waals surface area contributed by atoms with Gasteiger partial charge in [0.1, 0.15) is 5.75 Å². The van der Waals surface area contributed by atoms with Crippen LogP contribution in [0, 0.1) is 5.92 Å². The van der Waals surface area contributed by atoms with Crippen LogP contribution in [-0.4, -0.2) is 46.7 Å². The Kier molecular flexibility index (Phi) is 7.65. The van der Waals surface area contributed by atoms with Crippen molar-refractivity contribution in [3.63, 3.8) is 0 Å². The maximum Gasteiger partial charge on any atom is 0.461 e. The predicted molar refractivity (Wildman–Crippen MR) is 92.0 cm³/mol. The third-order valence-corrected chi connectivity index (χ3v) is 5.41. The Morgan fingerprint density at radius 3 is 2.22 bits per heavy atom. The highest BCUT2D eigenvalue weighted by Gasteiger charge is 2.57. The lowest BCUT2D eigenvalue weighted by atomic mass is 9.83. The van der Waals surface area contributed by atoms with Crippen LogP contribution < -0.4 is 4.74 Å². The minimum atomic E-state index is -5.25. The van der Waals surface area contributed by atoms with Gasteiger partial charge in [0, 0.05) is 12.6 Å². The van der Waals surface area contributed by atoms with E-state index in [0.29, 0.717) is 11.8 Å². The summed E-state index contributed by atoms with van der Waals surface area (Å²) in [6.07, 6.45) is -20.0. The molecule has 1 aliphatic carbocycles. The number of halogens is 10. The van der Waals surface area contributed by atoms with Crippen molar-refractivity contribution in [1.29, 1.82) is 0 Å². The van der Waals surface area contributed by atoms with Crippen LogP contribution >= 0.6 is 0 Å². The van der Waals surface area contributed by atoms with E-state index in [1.54, 1.807) is 0 Å². The van der Waals surface area contributed by atoms with Crippen molar-refractivity contribution in [3.8, 4) is 5.75 Å². The fraction of sp³-hybridized carbons (Fsp3) is 0.684. The van der Waals surface area contributed by atoms with E-state index in [2.05, 4.69) is 4.74 Å². The molecule has 3 atom stereocenters. The third-order valence-electron chi connectivity index (χ3n) is 5.41. The molecule has 184 valence electrons. The third kappa shape index (κ3) is 6.18. The van der Waals surface area contributed by atoms with Gasteiger partial charge in [0.05, 0.1) is 5.92 Å². The fourth-order valence-corrected chi connectivity index (χ4v) is 3.65. The van der Waals surface area contributed by atoms with E-state index in [4.69, 9.17) is 0 Å². The normalized spacial score (nSPS) is 22.8. The minimum Gasteiger partial charge on any atom is -0.428 e. The summed E-state index contributed by atoms with van der Waals surface area (Å²) in [5.74, 6) is -2.65. The van der Waals surface area contributed by atoms with Gasteiger partial charge in [-0.2, -0.15) is 43.9 Å². The molecule has 1 aliphatic rings. The number of alkyl halides is 10. The second kappa shape index (κ2) is 9.24. The van der Waals surface area contributed by atoms with Gasteiger partial charge in [-0.15, -0.1) is 0 Å². The Labute approximate surface area is 176 Å². The van der Waals surface area contributed by atoms with Crippen LogP contribution in [0.2, 0.25) is 0 Å². The zero-order valence-electron chi connectivity index (χ0n) is 16.7. The Morgan fingerprint density at radius 2 is 1.69 bits per heavy atom. The number of hydrogen-bond acceptors (Lipinski definition) is 3. The number of ether oxygens (including phenoxy) is 1. The van der Waals surface area contributed by atoms with Crippen molar-refractivity contribution in [2.24, 2.45) is 5.92 Å². The molecule has 13 heteroatoms. The first kappa shape index (κ1) is 26.5. The largest absolute Gasteiger partial charge is 0.461 e. The molecule has 1 N–H and O–H groups in total. The molecule has 32 heavy (non-hydrogen) atoms. The average molecular weight is 485 g/mol. The van der Waals surface area contributed by atoms with Crippen molar-refractivity contribution >= 4 is 0 Å². The van der Waals surface area contributed by atoms with Gasteiger partial charge in [-0.1, -0.05) is 18.6 Å². The Bertz CT molecular complexity index is 763. The molecule has 1 aromatic carbocycles. The standard InChI is InChI=1S/C19H21F10NO2/c1-16(31,19(27,28)29)30(13-6-3-5-12(9-13)17(22,23)24)10-11-4-2-7-14(8-11)32-18(25,26)15(20)21/h2,4,7-8,12-13,15,31H,3,5-6,9-10H2,1H3. The summed E-state index contributed by atoms with van der Waals surface area (Å²) >= 11 is 0. The lowest BCUT2D eigenvalue weighted by Gasteiger charge is -2.46. The molecule has 0 saturated heterocycles. The first-order chi connectivity index (χ1) is 14.4. The van der Waals surface area contributed by atoms with Gasteiger partial charge in [-0.3, -0.25) is 4.90 Å². The molecular weight excluding hydrogens is 464 g/mol. The molecule has 0 bridgehead atoms. The van der Waals surface area contributed by atoms with Crippen LogP contribution in [0.25, 0.3) is 0 Å². The molecule has 1 aromatic rings. The first-order valence-corrected chi connectivity index (χ1v) is 9.51. The van der Waals surface area contributed by atoms with E-state index in [9.17, 15) is 49.0 Å². The van der Waals surface area contributed by atoms with Gasteiger partial charge in [0.2, 0.25) is 5.72 Å². The Morgan fingerprint density at radius 1 is 1.06 bits per heavy atom. The summed E-state index contributed by atoms with van der Waals surface area (Å²) < 4.78 is 135. The quantitative estimate of drug-likeness (QED) is 0.373. The van der Waals surface area contributed by atoms with E-state index in [1.807, 2.05) is 0 Å². The molecule has 0 spiro atoms. The summed E-state index contributed by atoms with van der Waals surface area (Å²) in [6.45, 7) is -0.408. The molecule has 0 heterocycles. The summed E-state index contributed by atoms with van der Waals surface area (Å²) in [5.41, 5.74) is -3.71.